The Labute approximate surface area is 211 Å². The van der Waals surface area contributed by atoms with Crippen molar-refractivity contribution in [2.24, 2.45) is 0 Å². The second kappa shape index (κ2) is 8.65. The molecule has 2 N–H and O–H groups in total. The molecule has 2 heterocycles. The lowest BCUT2D eigenvalue weighted by Crippen LogP contribution is -2.37. The summed E-state index contributed by atoms with van der Waals surface area (Å²) in [4.78, 5) is 11.5. The fourth-order valence-corrected chi connectivity index (χ4v) is 5.79. The Balaban J connectivity index is 1.88. The summed E-state index contributed by atoms with van der Waals surface area (Å²) in [5, 5.41) is 26.7. The highest BCUT2D eigenvalue weighted by Crippen LogP contribution is 2.49. The fourth-order valence-electron chi connectivity index (χ4n) is 5.79. The van der Waals surface area contributed by atoms with Crippen molar-refractivity contribution in [3.05, 3.63) is 58.9 Å². The van der Waals surface area contributed by atoms with Gasteiger partial charge in [-0.3, -0.25) is 5.10 Å². The standard InChI is InChI=1S/C28H27F3N4O2/c1-15-12-18(4-5-19(15)29)35-20-13-17-14-33-34-24(17)23(30)22(20)21(25(35)27(2,3)10-11-32)16-6-8-28(31,9-7-16)26(36)37/h4-5,12-14,16H,6-10H2,1-3H3,(H,33,34)(H,36,37)/t16-,28+. The Morgan fingerprint density at radius 3 is 2.62 bits per heavy atom. The molecular formula is C28H27F3N4O2. The highest BCUT2D eigenvalue weighted by molar-refractivity contribution is 6.00. The van der Waals surface area contributed by atoms with E-state index in [0.29, 0.717) is 38.8 Å². The van der Waals surface area contributed by atoms with Crippen LogP contribution in [0.25, 0.3) is 27.5 Å². The summed E-state index contributed by atoms with van der Waals surface area (Å²) in [5.74, 6) is -2.70. The number of rotatable bonds is 5. The van der Waals surface area contributed by atoms with Crippen LogP contribution in [0, 0.1) is 29.9 Å². The van der Waals surface area contributed by atoms with Crippen molar-refractivity contribution in [1.82, 2.24) is 14.8 Å². The topological polar surface area (TPSA) is 94.7 Å². The quantitative estimate of drug-likeness (QED) is 0.312. The summed E-state index contributed by atoms with van der Waals surface area (Å²) in [6.07, 6.45) is 1.67. The van der Waals surface area contributed by atoms with E-state index in [0.717, 1.165) is 0 Å². The Kier molecular flexibility index (Phi) is 5.81. The zero-order valence-corrected chi connectivity index (χ0v) is 20.8. The third-order valence-corrected chi connectivity index (χ3v) is 7.78. The predicted molar refractivity (Wildman–Crippen MR) is 134 cm³/mol. The number of hydrogen-bond acceptors (Lipinski definition) is 3. The summed E-state index contributed by atoms with van der Waals surface area (Å²) in [7, 11) is 0. The normalized spacial score (nSPS) is 20.4. The largest absolute Gasteiger partial charge is 0.479 e. The predicted octanol–water partition coefficient (Wildman–Crippen LogP) is 6.74. The number of H-pyrrole nitrogens is 1. The molecule has 5 rings (SSSR count). The molecule has 0 atom stereocenters. The SMILES string of the molecule is Cc1cc(-n2c(C(C)(C)CC#N)c([C@H]3CC[C@](F)(C(=O)O)CC3)c3c(F)c4[nH]ncc4cc32)ccc1F. The maximum atomic E-state index is 16.2. The van der Waals surface area contributed by atoms with Crippen molar-refractivity contribution in [2.75, 3.05) is 0 Å². The van der Waals surface area contributed by atoms with Gasteiger partial charge in [-0.15, -0.1) is 0 Å². The van der Waals surface area contributed by atoms with Gasteiger partial charge in [0, 0.05) is 34.0 Å². The van der Waals surface area contributed by atoms with Gasteiger partial charge in [-0.1, -0.05) is 13.8 Å². The number of carboxylic acid groups (broad SMARTS) is 1. The lowest BCUT2D eigenvalue weighted by molar-refractivity contribution is -0.153. The van der Waals surface area contributed by atoms with E-state index in [1.807, 2.05) is 24.5 Å². The minimum Gasteiger partial charge on any atom is -0.479 e. The van der Waals surface area contributed by atoms with Gasteiger partial charge in [0.05, 0.1) is 17.8 Å². The van der Waals surface area contributed by atoms with Gasteiger partial charge >= 0.3 is 5.97 Å². The number of hydrogen-bond donors (Lipinski definition) is 2. The van der Waals surface area contributed by atoms with Crippen LogP contribution in [0.5, 0.6) is 0 Å². The van der Waals surface area contributed by atoms with E-state index in [-0.39, 0.29) is 49.4 Å². The molecule has 0 radical (unpaired) electrons. The molecule has 0 bridgehead atoms. The number of nitrogens with zero attached hydrogens (tertiary/aromatic N) is 3. The van der Waals surface area contributed by atoms with Gasteiger partial charge in [0.2, 0.25) is 5.67 Å². The first kappa shape index (κ1) is 24.9. The minimum absolute atomic E-state index is 0.117. The molecule has 0 unspecified atom stereocenters. The number of benzene rings is 2. The van der Waals surface area contributed by atoms with E-state index in [1.165, 1.54) is 12.3 Å². The van der Waals surface area contributed by atoms with Crippen molar-refractivity contribution < 1.29 is 23.1 Å². The Morgan fingerprint density at radius 1 is 1.30 bits per heavy atom. The molecule has 0 saturated heterocycles. The number of fused-ring (bicyclic) bond motifs is 2. The summed E-state index contributed by atoms with van der Waals surface area (Å²) in [6, 6.07) is 8.69. The van der Waals surface area contributed by atoms with E-state index in [2.05, 4.69) is 16.3 Å². The van der Waals surface area contributed by atoms with Gasteiger partial charge in [-0.25, -0.2) is 18.0 Å². The smallest absolute Gasteiger partial charge is 0.341 e. The molecule has 2 aromatic heterocycles. The lowest BCUT2D eigenvalue weighted by Gasteiger charge is -2.34. The second-order valence-corrected chi connectivity index (χ2v) is 10.7. The minimum atomic E-state index is -2.32. The molecule has 1 fully saturated rings. The maximum Gasteiger partial charge on any atom is 0.341 e. The third-order valence-electron chi connectivity index (χ3n) is 7.78. The van der Waals surface area contributed by atoms with Gasteiger partial charge in [0.15, 0.2) is 5.82 Å². The van der Waals surface area contributed by atoms with Crippen molar-refractivity contribution in [3.8, 4) is 11.8 Å². The number of nitriles is 1. The van der Waals surface area contributed by atoms with Gasteiger partial charge in [-0.05, 0) is 73.9 Å². The first-order valence-corrected chi connectivity index (χ1v) is 12.2. The first-order chi connectivity index (χ1) is 17.5. The molecule has 1 aliphatic carbocycles. The molecule has 192 valence electrons. The number of aryl methyl sites for hydroxylation is 1. The van der Waals surface area contributed by atoms with Gasteiger partial charge < -0.3 is 9.67 Å². The molecule has 1 aliphatic rings. The number of alkyl halides is 1. The molecular weight excluding hydrogens is 481 g/mol. The second-order valence-electron chi connectivity index (χ2n) is 10.7. The molecule has 37 heavy (non-hydrogen) atoms. The first-order valence-electron chi connectivity index (χ1n) is 12.2. The fraction of sp³-hybridized carbons (Fsp3) is 0.393. The van der Waals surface area contributed by atoms with E-state index in [9.17, 15) is 23.9 Å². The number of nitrogens with one attached hydrogen (secondary N) is 1. The summed E-state index contributed by atoms with van der Waals surface area (Å²) in [6.45, 7) is 5.44. The van der Waals surface area contributed by atoms with Crippen LogP contribution in [0.15, 0.2) is 30.5 Å². The highest BCUT2D eigenvalue weighted by Gasteiger charge is 2.45. The number of carboxylic acids is 1. The average molecular weight is 509 g/mol. The summed E-state index contributed by atoms with van der Waals surface area (Å²) >= 11 is 0. The third kappa shape index (κ3) is 3.86. The van der Waals surface area contributed by atoms with Crippen LogP contribution in [0.3, 0.4) is 0 Å². The molecule has 0 spiro atoms. The highest BCUT2D eigenvalue weighted by atomic mass is 19.1. The zero-order valence-electron chi connectivity index (χ0n) is 20.8. The van der Waals surface area contributed by atoms with E-state index in [1.54, 1.807) is 19.1 Å². The zero-order chi connectivity index (χ0) is 26.7. The molecule has 0 amide bonds. The summed E-state index contributed by atoms with van der Waals surface area (Å²) < 4.78 is 47.3. The molecule has 2 aromatic carbocycles. The van der Waals surface area contributed by atoms with Crippen LogP contribution in [0.2, 0.25) is 0 Å². The van der Waals surface area contributed by atoms with Crippen LogP contribution < -0.4 is 0 Å². The number of aromatic nitrogens is 3. The monoisotopic (exact) mass is 508 g/mol. The molecule has 4 aromatic rings. The number of halogens is 3. The van der Waals surface area contributed by atoms with Crippen LogP contribution in [-0.2, 0) is 10.2 Å². The van der Waals surface area contributed by atoms with Gasteiger partial charge in [-0.2, -0.15) is 10.4 Å². The molecule has 0 aliphatic heterocycles. The molecule has 9 heteroatoms. The van der Waals surface area contributed by atoms with Crippen molar-refractivity contribution in [1.29, 1.82) is 5.26 Å². The summed E-state index contributed by atoms with van der Waals surface area (Å²) in [5.41, 5.74) is 0.0211. The molecule has 1 saturated carbocycles. The molecule has 6 nitrogen and oxygen atoms in total. The Bertz CT molecular complexity index is 1590. The van der Waals surface area contributed by atoms with Crippen LogP contribution in [0.4, 0.5) is 13.2 Å². The van der Waals surface area contributed by atoms with E-state index in [4.69, 9.17) is 0 Å². The van der Waals surface area contributed by atoms with E-state index < -0.39 is 22.9 Å². The van der Waals surface area contributed by atoms with Gasteiger partial charge in [0.25, 0.3) is 0 Å². The van der Waals surface area contributed by atoms with Crippen LogP contribution >= 0.6 is 0 Å². The maximum absolute atomic E-state index is 16.2. The number of aromatic amines is 1. The van der Waals surface area contributed by atoms with Crippen LogP contribution in [-0.4, -0.2) is 31.5 Å². The van der Waals surface area contributed by atoms with Crippen LogP contribution in [0.1, 0.15) is 68.7 Å². The van der Waals surface area contributed by atoms with Crippen molar-refractivity contribution in [3.63, 3.8) is 0 Å². The number of aliphatic carboxylic acids is 1. The van der Waals surface area contributed by atoms with Gasteiger partial charge in [0.1, 0.15) is 11.3 Å². The Hall–Kier alpha value is -3.80. The van der Waals surface area contributed by atoms with Crippen molar-refractivity contribution in [2.45, 2.75) is 69.9 Å². The average Bonchev–Trinajstić information content (AvgIpc) is 3.45. The van der Waals surface area contributed by atoms with E-state index >= 15 is 4.39 Å². The van der Waals surface area contributed by atoms with Crippen molar-refractivity contribution >= 4 is 27.8 Å². The number of carbonyl (C=O) groups is 1. The Morgan fingerprint density at radius 2 is 2.00 bits per heavy atom. The lowest BCUT2D eigenvalue weighted by atomic mass is 9.73.